The minimum atomic E-state index is 0.424. The first kappa shape index (κ1) is 11.4. The van der Waals surface area contributed by atoms with Crippen molar-refractivity contribution in [3.05, 3.63) is 48.2 Å². The first-order chi connectivity index (χ1) is 8.84. The van der Waals surface area contributed by atoms with Gasteiger partial charge in [-0.05, 0) is 18.2 Å². The molecule has 18 heavy (non-hydrogen) atoms. The summed E-state index contributed by atoms with van der Waals surface area (Å²) in [6, 6.07) is 12.0. The number of nitrogens with two attached hydrogens (primary N) is 1. The van der Waals surface area contributed by atoms with Crippen LogP contribution in [0.2, 0.25) is 0 Å². The fourth-order valence-corrected chi connectivity index (χ4v) is 3.08. The Bertz CT molecular complexity index is 559. The number of rotatable bonds is 3. The average Bonchev–Trinajstić information content (AvgIpc) is 2.81. The van der Waals surface area contributed by atoms with Crippen molar-refractivity contribution in [2.45, 2.75) is 10.9 Å². The Labute approximate surface area is 110 Å². The Morgan fingerprint density at radius 2 is 2.17 bits per heavy atom. The van der Waals surface area contributed by atoms with Gasteiger partial charge in [0, 0.05) is 23.4 Å². The highest BCUT2D eigenvalue weighted by Crippen LogP contribution is 2.37. The van der Waals surface area contributed by atoms with Crippen LogP contribution in [0.5, 0.6) is 5.75 Å². The number of anilines is 1. The number of thioether (sulfide) groups is 1. The zero-order chi connectivity index (χ0) is 12.4. The van der Waals surface area contributed by atoms with Gasteiger partial charge in [-0.3, -0.25) is 0 Å². The smallest absolute Gasteiger partial charge is 0.122 e. The summed E-state index contributed by atoms with van der Waals surface area (Å²) < 4.78 is 5.66. The van der Waals surface area contributed by atoms with Gasteiger partial charge in [0.05, 0.1) is 12.3 Å². The third-order valence-electron chi connectivity index (χ3n) is 3.02. The van der Waals surface area contributed by atoms with Crippen molar-refractivity contribution in [3.63, 3.8) is 0 Å². The zero-order valence-electron chi connectivity index (χ0n) is 9.87. The number of hydrogen-bond donors (Lipinski definition) is 1. The Balaban J connectivity index is 1.71. The molecule has 1 aliphatic rings. The van der Waals surface area contributed by atoms with Crippen molar-refractivity contribution >= 4 is 17.4 Å². The van der Waals surface area contributed by atoms with Crippen LogP contribution in [0, 0.1) is 0 Å². The number of para-hydroxylation sites is 1. The highest BCUT2D eigenvalue weighted by atomic mass is 32.2. The number of ether oxygens (including phenoxy) is 1. The number of nitrogen functional groups attached to an aromatic ring is 1. The molecule has 0 radical (unpaired) electrons. The van der Waals surface area contributed by atoms with Gasteiger partial charge in [-0.2, -0.15) is 0 Å². The van der Waals surface area contributed by atoms with E-state index in [1.54, 1.807) is 18.0 Å². The van der Waals surface area contributed by atoms with E-state index < -0.39 is 0 Å². The van der Waals surface area contributed by atoms with Crippen LogP contribution in [0.15, 0.2) is 47.6 Å². The van der Waals surface area contributed by atoms with E-state index >= 15 is 0 Å². The van der Waals surface area contributed by atoms with Crippen LogP contribution >= 0.6 is 11.8 Å². The summed E-state index contributed by atoms with van der Waals surface area (Å²) in [7, 11) is 0. The van der Waals surface area contributed by atoms with Crippen molar-refractivity contribution in [2.24, 2.45) is 0 Å². The molecular weight excluding hydrogens is 244 g/mol. The van der Waals surface area contributed by atoms with Crippen LogP contribution in [-0.2, 0) is 0 Å². The molecule has 0 saturated carbocycles. The fraction of sp³-hybridized carbons (Fsp3) is 0.214. The van der Waals surface area contributed by atoms with E-state index in [-0.39, 0.29) is 0 Å². The van der Waals surface area contributed by atoms with Gasteiger partial charge < -0.3 is 10.5 Å². The van der Waals surface area contributed by atoms with Crippen LogP contribution in [0.1, 0.15) is 11.5 Å². The largest absolute Gasteiger partial charge is 0.493 e. The Kier molecular flexibility index (Phi) is 3.11. The molecule has 0 fully saturated rings. The molecule has 0 spiro atoms. The summed E-state index contributed by atoms with van der Waals surface area (Å²) >= 11 is 1.69. The predicted molar refractivity (Wildman–Crippen MR) is 74.1 cm³/mol. The molecule has 0 saturated heterocycles. The predicted octanol–water partition coefficient (Wildman–Crippen LogP) is 2.93. The number of aromatic nitrogens is 1. The summed E-state index contributed by atoms with van der Waals surface area (Å²) in [5, 5.41) is 0.905. The van der Waals surface area contributed by atoms with Crippen molar-refractivity contribution in [1.29, 1.82) is 0 Å². The minimum Gasteiger partial charge on any atom is -0.493 e. The molecule has 0 amide bonds. The summed E-state index contributed by atoms with van der Waals surface area (Å²) in [5.41, 5.74) is 7.92. The van der Waals surface area contributed by atoms with Gasteiger partial charge in [0.15, 0.2) is 0 Å². The third kappa shape index (κ3) is 2.16. The van der Waals surface area contributed by atoms with E-state index in [2.05, 4.69) is 17.1 Å². The van der Waals surface area contributed by atoms with Gasteiger partial charge in [-0.15, -0.1) is 11.8 Å². The van der Waals surface area contributed by atoms with Crippen molar-refractivity contribution in [1.82, 2.24) is 4.98 Å². The molecule has 2 heterocycles. The lowest BCUT2D eigenvalue weighted by Gasteiger charge is -2.08. The molecule has 1 aromatic heterocycles. The van der Waals surface area contributed by atoms with Gasteiger partial charge >= 0.3 is 0 Å². The van der Waals surface area contributed by atoms with Gasteiger partial charge in [-0.1, -0.05) is 18.2 Å². The van der Waals surface area contributed by atoms with Gasteiger partial charge in [-0.25, -0.2) is 4.98 Å². The Hall–Kier alpha value is -1.68. The molecule has 1 aliphatic heterocycles. The summed E-state index contributed by atoms with van der Waals surface area (Å²) in [6.07, 6.45) is 1.78. The topological polar surface area (TPSA) is 48.1 Å². The third-order valence-corrected chi connectivity index (χ3v) is 4.20. The molecule has 4 heteroatoms. The van der Waals surface area contributed by atoms with E-state index in [4.69, 9.17) is 10.5 Å². The average molecular weight is 258 g/mol. The monoisotopic (exact) mass is 258 g/mol. The van der Waals surface area contributed by atoms with Gasteiger partial charge in [0.25, 0.3) is 0 Å². The molecule has 3 nitrogen and oxygen atoms in total. The maximum absolute atomic E-state index is 5.89. The molecule has 1 aromatic carbocycles. The second kappa shape index (κ2) is 4.90. The van der Waals surface area contributed by atoms with Crippen LogP contribution in [0.3, 0.4) is 0 Å². The lowest BCUT2D eigenvalue weighted by Crippen LogP contribution is -2.04. The molecular formula is C14H14N2OS. The molecule has 2 aromatic rings. The summed E-state index contributed by atoms with van der Waals surface area (Å²) in [4.78, 5) is 4.29. The highest BCUT2D eigenvalue weighted by molar-refractivity contribution is 7.99. The molecule has 92 valence electrons. The number of hydrogen-bond acceptors (Lipinski definition) is 4. The van der Waals surface area contributed by atoms with Crippen LogP contribution < -0.4 is 10.5 Å². The normalized spacial score (nSPS) is 17.2. The maximum atomic E-state index is 5.89. The molecule has 0 aliphatic carbocycles. The number of nitrogens with zero attached hydrogens (tertiary/aromatic N) is 1. The van der Waals surface area contributed by atoms with Crippen molar-refractivity contribution in [3.8, 4) is 5.75 Å². The lowest BCUT2D eigenvalue weighted by molar-refractivity contribution is 0.338. The first-order valence-electron chi connectivity index (χ1n) is 5.89. The van der Waals surface area contributed by atoms with E-state index in [1.807, 2.05) is 24.3 Å². The van der Waals surface area contributed by atoms with Crippen LogP contribution in [0.4, 0.5) is 5.69 Å². The first-order valence-corrected chi connectivity index (χ1v) is 6.88. The molecule has 1 atom stereocenters. The van der Waals surface area contributed by atoms with E-state index in [1.165, 1.54) is 5.56 Å². The second-order valence-electron chi connectivity index (χ2n) is 4.25. The van der Waals surface area contributed by atoms with E-state index in [0.717, 1.165) is 28.8 Å². The Morgan fingerprint density at radius 3 is 3.06 bits per heavy atom. The van der Waals surface area contributed by atoms with Crippen LogP contribution in [-0.4, -0.2) is 17.3 Å². The van der Waals surface area contributed by atoms with Crippen molar-refractivity contribution < 1.29 is 4.74 Å². The Morgan fingerprint density at radius 1 is 1.28 bits per heavy atom. The highest BCUT2D eigenvalue weighted by Gasteiger charge is 2.23. The molecule has 3 rings (SSSR count). The van der Waals surface area contributed by atoms with Gasteiger partial charge in [0.1, 0.15) is 10.8 Å². The standard InChI is InChI=1S/C14H14N2OS/c15-12-5-3-7-16-14(12)18-9-10-8-17-13-6-2-1-4-11(10)13/h1-7,10H,8-9,15H2. The second-order valence-corrected chi connectivity index (χ2v) is 5.26. The minimum absolute atomic E-state index is 0.424. The number of benzene rings is 1. The fourth-order valence-electron chi connectivity index (χ4n) is 2.07. The zero-order valence-corrected chi connectivity index (χ0v) is 10.7. The van der Waals surface area contributed by atoms with Gasteiger partial charge in [0.2, 0.25) is 0 Å². The summed E-state index contributed by atoms with van der Waals surface area (Å²) in [6.45, 7) is 0.749. The molecule has 0 bridgehead atoms. The summed E-state index contributed by atoms with van der Waals surface area (Å²) in [5.74, 6) is 2.38. The lowest BCUT2D eigenvalue weighted by atomic mass is 10.0. The number of pyridine rings is 1. The van der Waals surface area contributed by atoms with E-state index in [0.29, 0.717) is 5.92 Å². The molecule has 1 unspecified atom stereocenters. The van der Waals surface area contributed by atoms with E-state index in [9.17, 15) is 0 Å². The number of fused-ring (bicyclic) bond motifs is 1. The quantitative estimate of drug-likeness (QED) is 0.860. The van der Waals surface area contributed by atoms with Crippen LogP contribution in [0.25, 0.3) is 0 Å². The van der Waals surface area contributed by atoms with Crippen molar-refractivity contribution in [2.75, 3.05) is 18.1 Å². The SMILES string of the molecule is Nc1cccnc1SCC1COc2ccccc21. The molecule has 2 N–H and O–H groups in total. The maximum Gasteiger partial charge on any atom is 0.122 e.